The maximum Gasteiger partial charge on any atom is 0.242 e. The van der Waals surface area contributed by atoms with Crippen LogP contribution in [0.2, 0.25) is 0 Å². The van der Waals surface area contributed by atoms with E-state index in [1.165, 1.54) is 12.1 Å². The van der Waals surface area contributed by atoms with Gasteiger partial charge in [0.25, 0.3) is 0 Å². The number of ether oxygens (including phenoxy) is 1. The molecule has 3 saturated heterocycles. The molecule has 0 spiro atoms. The summed E-state index contributed by atoms with van der Waals surface area (Å²) in [7, 11) is -2.95. The van der Waals surface area contributed by atoms with Crippen molar-refractivity contribution in [3.05, 3.63) is 65.0 Å². The van der Waals surface area contributed by atoms with E-state index < -0.39 is 46.1 Å². The number of nitrogens with one attached hydrogen (secondary N) is 2. The van der Waals surface area contributed by atoms with Crippen molar-refractivity contribution in [2.24, 2.45) is 11.7 Å². The molecule has 1 amide bonds. The Morgan fingerprint density at radius 3 is 2.49 bits per heavy atom. The summed E-state index contributed by atoms with van der Waals surface area (Å²) in [4.78, 5) is 13.7. The van der Waals surface area contributed by atoms with Gasteiger partial charge in [-0.05, 0) is 88.1 Å². The SMILES string of the molecule is C[C@@H]1CC([C@H](c2ccc(F)cc2)[C@H](N)C(=O)Nc2c(F)ccc(F)c2CC[C@H]2CN[C@@H]3CCCS(O)(O)N2C3)C[C@H](C)O1. The van der Waals surface area contributed by atoms with Crippen molar-refractivity contribution in [2.45, 2.75) is 88.6 Å². The highest BCUT2D eigenvalue weighted by Crippen LogP contribution is 2.49. The smallest absolute Gasteiger partial charge is 0.242 e. The number of hydrogen-bond donors (Lipinski definition) is 5. The lowest BCUT2D eigenvalue weighted by Gasteiger charge is -2.49. The largest absolute Gasteiger partial charge is 0.376 e. The molecule has 2 unspecified atom stereocenters. The fourth-order valence-electron chi connectivity index (χ4n) is 7.13. The molecule has 0 saturated carbocycles. The minimum absolute atomic E-state index is 0.000572. The van der Waals surface area contributed by atoms with E-state index >= 15 is 8.78 Å². The lowest BCUT2D eigenvalue weighted by atomic mass is 9.74. The van der Waals surface area contributed by atoms with E-state index in [1.807, 2.05) is 13.8 Å². The molecule has 0 aliphatic carbocycles. The molecule has 0 aromatic heterocycles. The van der Waals surface area contributed by atoms with Crippen LogP contribution in [0.3, 0.4) is 0 Å². The molecule has 8 nitrogen and oxygen atoms in total. The molecule has 12 heteroatoms. The molecule has 238 valence electrons. The Morgan fingerprint density at radius 1 is 1.12 bits per heavy atom. The summed E-state index contributed by atoms with van der Waals surface area (Å²) in [5, 5.41) is 6.03. The number of carbonyl (C=O) groups excluding carboxylic acids is 1. The van der Waals surface area contributed by atoms with Crippen LogP contribution >= 0.6 is 10.8 Å². The van der Waals surface area contributed by atoms with Crippen molar-refractivity contribution in [2.75, 3.05) is 24.2 Å². The van der Waals surface area contributed by atoms with Gasteiger partial charge in [-0.3, -0.25) is 13.9 Å². The lowest BCUT2D eigenvalue weighted by molar-refractivity contribution is -0.119. The Kier molecular flexibility index (Phi) is 10.1. The average molecular weight is 625 g/mol. The maximum atomic E-state index is 15.2. The first-order valence-corrected chi connectivity index (χ1v) is 16.8. The van der Waals surface area contributed by atoms with Crippen molar-refractivity contribution < 1.29 is 31.8 Å². The summed E-state index contributed by atoms with van der Waals surface area (Å²) in [6, 6.07) is 6.60. The number of rotatable bonds is 8. The first-order valence-electron chi connectivity index (χ1n) is 15.1. The molecule has 2 aromatic rings. The Labute approximate surface area is 253 Å². The Bertz CT molecular complexity index is 1280. The molecule has 3 aliphatic heterocycles. The van der Waals surface area contributed by atoms with Crippen molar-refractivity contribution in [1.82, 2.24) is 9.62 Å². The number of nitrogens with two attached hydrogens (primary N) is 1. The van der Waals surface area contributed by atoms with Gasteiger partial charge in [0.2, 0.25) is 5.91 Å². The number of carbonyl (C=O) groups is 1. The summed E-state index contributed by atoms with van der Waals surface area (Å²) >= 11 is 0. The number of benzene rings is 2. The summed E-state index contributed by atoms with van der Waals surface area (Å²) in [5.74, 6) is -2.82. The van der Waals surface area contributed by atoms with Crippen LogP contribution in [-0.4, -0.2) is 68.5 Å². The van der Waals surface area contributed by atoms with Gasteiger partial charge in [-0.2, -0.15) is 0 Å². The van der Waals surface area contributed by atoms with Crippen LogP contribution in [0.15, 0.2) is 36.4 Å². The molecule has 3 aliphatic rings. The average Bonchev–Trinajstić information content (AvgIpc) is 3.07. The fourth-order valence-corrected chi connectivity index (χ4v) is 9.00. The summed E-state index contributed by atoms with van der Waals surface area (Å²) < 4.78 is 73.4. The number of nitrogens with zero attached hydrogens (tertiary/aromatic N) is 1. The third-order valence-electron chi connectivity index (χ3n) is 9.16. The number of hydrogen-bond acceptors (Lipinski definition) is 7. The van der Waals surface area contributed by atoms with Gasteiger partial charge in [0, 0.05) is 36.7 Å². The zero-order valence-corrected chi connectivity index (χ0v) is 25.5. The van der Waals surface area contributed by atoms with Crippen molar-refractivity contribution in [3.63, 3.8) is 0 Å². The van der Waals surface area contributed by atoms with Gasteiger partial charge in [-0.25, -0.2) is 17.5 Å². The van der Waals surface area contributed by atoms with Crippen LogP contribution in [0.5, 0.6) is 0 Å². The van der Waals surface area contributed by atoms with E-state index in [9.17, 15) is 18.3 Å². The molecule has 0 radical (unpaired) electrons. The molecule has 3 heterocycles. The molecular formula is C31H43F3N4O4S. The topological polar surface area (TPSA) is 120 Å². The summed E-state index contributed by atoms with van der Waals surface area (Å²) in [6.45, 7) is 4.88. The van der Waals surface area contributed by atoms with Gasteiger partial charge < -0.3 is 21.1 Å². The molecule has 2 aromatic carbocycles. The van der Waals surface area contributed by atoms with Gasteiger partial charge in [-0.1, -0.05) is 12.1 Å². The standard InChI is InChI=1S/C31H43F3N4O4S/c1-18-14-21(15-19(2)42-18)28(20-5-7-22(32)8-6-20)29(35)31(39)37-30-25(26(33)11-12-27(30)34)10-9-24-16-36-23-4-3-13-43(40,41)38(24)17-23/h5-8,11-12,18-19,21,23-24,28-29,36,40-41H,3-4,9-10,13-17,35H2,1-2H3,(H,37,39)/t18-,19+,21?,23-,24+,28+,29+/m1/s1. The number of anilines is 1. The van der Waals surface area contributed by atoms with E-state index in [1.54, 1.807) is 16.4 Å². The van der Waals surface area contributed by atoms with E-state index in [-0.39, 0.29) is 53.6 Å². The minimum atomic E-state index is -2.95. The second kappa shape index (κ2) is 13.4. The summed E-state index contributed by atoms with van der Waals surface area (Å²) in [6.07, 6.45) is 3.08. The van der Waals surface area contributed by atoms with Crippen LogP contribution in [0.1, 0.15) is 63.0 Å². The number of halogens is 3. The summed E-state index contributed by atoms with van der Waals surface area (Å²) in [5.41, 5.74) is 7.02. The Hall–Kier alpha value is -2.19. The normalized spacial score (nSPS) is 31.0. The fraction of sp³-hybridized carbons (Fsp3) is 0.581. The molecule has 5 rings (SSSR count). The van der Waals surface area contributed by atoms with E-state index in [4.69, 9.17) is 10.5 Å². The van der Waals surface area contributed by atoms with Gasteiger partial charge in [0.05, 0.1) is 29.7 Å². The third kappa shape index (κ3) is 7.38. The molecule has 2 bridgehead atoms. The van der Waals surface area contributed by atoms with Gasteiger partial charge in [-0.15, -0.1) is 10.8 Å². The van der Waals surface area contributed by atoms with E-state index in [0.29, 0.717) is 44.3 Å². The van der Waals surface area contributed by atoms with Crippen molar-refractivity contribution in [3.8, 4) is 0 Å². The zero-order chi connectivity index (χ0) is 30.9. The van der Waals surface area contributed by atoms with Crippen LogP contribution < -0.4 is 16.4 Å². The lowest BCUT2D eigenvalue weighted by Crippen LogP contribution is -2.55. The monoisotopic (exact) mass is 624 g/mol. The Balaban J connectivity index is 1.37. The maximum absolute atomic E-state index is 15.2. The molecule has 3 fully saturated rings. The van der Waals surface area contributed by atoms with E-state index in [2.05, 4.69) is 10.6 Å². The highest BCUT2D eigenvalue weighted by atomic mass is 32.3. The molecule has 8 atom stereocenters. The van der Waals surface area contributed by atoms with Crippen LogP contribution in [0.4, 0.5) is 18.9 Å². The van der Waals surface area contributed by atoms with Crippen LogP contribution in [0, 0.1) is 23.4 Å². The first-order chi connectivity index (χ1) is 20.4. The highest BCUT2D eigenvalue weighted by molar-refractivity contribution is 8.22. The predicted octanol–water partition coefficient (Wildman–Crippen LogP) is 5.39. The minimum Gasteiger partial charge on any atom is -0.376 e. The molecule has 6 N–H and O–H groups in total. The highest BCUT2D eigenvalue weighted by Gasteiger charge is 2.40. The zero-order valence-electron chi connectivity index (χ0n) is 24.6. The number of fused-ring (bicyclic) bond motifs is 2. The second-order valence-corrected chi connectivity index (χ2v) is 14.5. The molecular weight excluding hydrogens is 581 g/mol. The van der Waals surface area contributed by atoms with Crippen LogP contribution in [-0.2, 0) is 16.0 Å². The third-order valence-corrected chi connectivity index (χ3v) is 11.2. The second-order valence-electron chi connectivity index (χ2n) is 12.3. The van der Waals surface area contributed by atoms with E-state index in [0.717, 1.165) is 18.6 Å². The van der Waals surface area contributed by atoms with Crippen LogP contribution in [0.25, 0.3) is 0 Å². The molecule has 43 heavy (non-hydrogen) atoms. The first kappa shape index (κ1) is 32.2. The van der Waals surface area contributed by atoms with Gasteiger partial charge in [0.1, 0.15) is 17.5 Å². The number of piperazine rings is 1. The predicted molar refractivity (Wildman–Crippen MR) is 162 cm³/mol. The quantitative estimate of drug-likeness (QED) is 0.267. The van der Waals surface area contributed by atoms with Crippen molar-refractivity contribution in [1.29, 1.82) is 0 Å². The number of amides is 1. The van der Waals surface area contributed by atoms with Gasteiger partial charge in [0.15, 0.2) is 0 Å². The van der Waals surface area contributed by atoms with Crippen molar-refractivity contribution >= 4 is 22.4 Å². The Morgan fingerprint density at radius 2 is 1.79 bits per heavy atom. The van der Waals surface area contributed by atoms with Gasteiger partial charge >= 0.3 is 0 Å².